The van der Waals surface area contributed by atoms with Gasteiger partial charge in [0.15, 0.2) is 0 Å². The van der Waals surface area contributed by atoms with Gasteiger partial charge in [-0.05, 0) is 68.7 Å². The van der Waals surface area contributed by atoms with Gasteiger partial charge in [-0.15, -0.1) is 0 Å². The molecule has 1 saturated heterocycles. The molecule has 2 saturated carbocycles. The van der Waals surface area contributed by atoms with Crippen molar-refractivity contribution in [2.75, 3.05) is 6.54 Å². The molecule has 1 aliphatic heterocycles. The standard InChI is InChI=1S/C17H27N/c1-2-6-14-12(4-1)7-10-16-15(14)9-8-13-5-3-11-18-17(13)16/h8,12,14-18H,1-7,9-11H2. The summed E-state index contributed by atoms with van der Waals surface area (Å²) < 4.78 is 0. The molecule has 0 aromatic rings. The van der Waals surface area contributed by atoms with Gasteiger partial charge in [0.1, 0.15) is 0 Å². The summed E-state index contributed by atoms with van der Waals surface area (Å²) in [5.41, 5.74) is 1.77. The zero-order valence-corrected chi connectivity index (χ0v) is 11.5. The summed E-state index contributed by atoms with van der Waals surface area (Å²) in [6.07, 6.45) is 16.0. The molecule has 0 aromatic heterocycles. The van der Waals surface area contributed by atoms with Crippen molar-refractivity contribution in [1.82, 2.24) is 5.32 Å². The number of fused-ring (bicyclic) bond motifs is 5. The zero-order chi connectivity index (χ0) is 11.9. The maximum absolute atomic E-state index is 3.85. The van der Waals surface area contributed by atoms with Crippen molar-refractivity contribution in [3.63, 3.8) is 0 Å². The maximum Gasteiger partial charge on any atom is 0.0310 e. The van der Waals surface area contributed by atoms with E-state index >= 15 is 0 Å². The highest BCUT2D eigenvalue weighted by atomic mass is 14.9. The predicted molar refractivity (Wildman–Crippen MR) is 75.4 cm³/mol. The average molecular weight is 245 g/mol. The van der Waals surface area contributed by atoms with E-state index in [1.54, 1.807) is 18.4 Å². The van der Waals surface area contributed by atoms with Crippen molar-refractivity contribution >= 4 is 0 Å². The Morgan fingerprint density at radius 2 is 1.83 bits per heavy atom. The fourth-order valence-electron chi connectivity index (χ4n) is 5.64. The van der Waals surface area contributed by atoms with E-state index in [1.807, 2.05) is 0 Å². The Balaban J connectivity index is 1.59. The summed E-state index contributed by atoms with van der Waals surface area (Å²) in [6.45, 7) is 1.26. The number of hydrogen-bond acceptors (Lipinski definition) is 1. The molecule has 1 N–H and O–H groups in total. The van der Waals surface area contributed by atoms with Crippen LogP contribution in [-0.2, 0) is 0 Å². The third-order valence-corrected chi connectivity index (χ3v) is 6.42. The Labute approximate surface area is 111 Å². The predicted octanol–water partition coefficient (Wildman–Crippen LogP) is 3.90. The van der Waals surface area contributed by atoms with Gasteiger partial charge in [0.25, 0.3) is 0 Å². The van der Waals surface area contributed by atoms with Gasteiger partial charge in [0.2, 0.25) is 0 Å². The van der Waals surface area contributed by atoms with Crippen LogP contribution in [0.4, 0.5) is 0 Å². The van der Waals surface area contributed by atoms with Gasteiger partial charge in [0.05, 0.1) is 0 Å². The zero-order valence-electron chi connectivity index (χ0n) is 11.5. The SMILES string of the molecule is C1=C2CCCNC2C2CCC3CCCCC3C2C1. The van der Waals surface area contributed by atoms with E-state index in [2.05, 4.69) is 11.4 Å². The van der Waals surface area contributed by atoms with Crippen LogP contribution in [0, 0.1) is 23.7 Å². The van der Waals surface area contributed by atoms with Gasteiger partial charge in [0, 0.05) is 6.04 Å². The monoisotopic (exact) mass is 245 g/mol. The van der Waals surface area contributed by atoms with E-state index in [0.29, 0.717) is 0 Å². The van der Waals surface area contributed by atoms with E-state index in [9.17, 15) is 0 Å². The molecule has 0 amide bonds. The second kappa shape index (κ2) is 4.67. The molecule has 1 nitrogen and oxygen atoms in total. The number of hydrogen-bond donors (Lipinski definition) is 1. The lowest BCUT2D eigenvalue weighted by molar-refractivity contribution is 0.0348. The summed E-state index contributed by atoms with van der Waals surface area (Å²) in [6, 6.07) is 0.778. The third-order valence-electron chi connectivity index (χ3n) is 6.42. The molecule has 100 valence electrons. The van der Waals surface area contributed by atoms with Crippen molar-refractivity contribution in [2.24, 2.45) is 23.7 Å². The fourth-order valence-corrected chi connectivity index (χ4v) is 5.64. The van der Waals surface area contributed by atoms with Crippen LogP contribution in [0.1, 0.15) is 57.8 Å². The second-order valence-corrected chi connectivity index (χ2v) is 7.16. The van der Waals surface area contributed by atoms with E-state index in [0.717, 1.165) is 29.7 Å². The van der Waals surface area contributed by atoms with E-state index in [1.165, 1.54) is 51.5 Å². The molecule has 0 radical (unpaired) electrons. The minimum atomic E-state index is 0.778. The van der Waals surface area contributed by atoms with Crippen molar-refractivity contribution in [3.8, 4) is 0 Å². The number of nitrogens with one attached hydrogen (secondary N) is 1. The van der Waals surface area contributed by atoms with Crippen molar-refractivity contribution in [1.29, 1.82) is 0 Å². The minimum absolute atomic E-state index is 0.778. The first-order valence-electron chi connectivity index (χ1n) is 8.36. The van der Waals surface area contributed by atoms with Gasteiger partial charge < -0.3 is 5.32 Å². The molecule has 1 heteroatoms. The molecule has 0 spiro atoms. The molecule has 4 aliphatic rings. The normalized spacial score (nSPS) is 47.6. The summed E-state index contributed by atoms with van der Waals surface area (Å²) >= 11 is 0. The highest BCUT2D eigenvalue weighted by Crippen LogP contribution is 2.51. The molecule has 5 unspecified atom stereocenters. The van der Waals surface area contributed by atoms with Crippen LogP contribution in [0.25, 0.3) is 0 Å². The molecule has 0 bridgehead atoms. The van der Waals surface area contributed by atoms with Crippen LogP contribution in [0.3, 0.4) is 0 Å². The smallest absolute Gasteiger partial charge is 0.0310 e. The Morgan fingerprint density at radius 1 is 0.889 bits per heavy atom. The summed E-state index contributed by atoms with van der Waals surface area (Å²) in [4.78, 5) is 0. The largest absolute Gasteiger partial charge is 0.310 e. The highest BCUT2D eigenvalue weighted by molar-refractivity contribution is 5.21. The molecule has 3 aliphatic carbocycles. The first-order chi connectivity index (χ1) is 8.93. The van der Waals surface area contributed by atoms with E-state index in [4.69, 9.17) is 0 Å². The number of rotatable bonds is 0. The molecule has 0 aromatic carbocycles. The first kappa shape index (κ1) is 11.5. The van der Waals surface area contributed by atoms with Crippen molar-refractivity contribution in [2.45, 2.75) is 63.8 Å². The molecule has 5 atom stereocenters. The van der Waals surface area contributed by atoms with Gasteiger partial charge >= 0.3 is 0 Å². The quantitative estimate of drug-likeness (QED) is 0.638. The number of allylic oxidation sites excluding steroid dienone is 1. The van der Waals surface area contributed by atoms with Crippen LogP contribution in [0.15, 0.2) is 11.6 Å². The molecule has 18 heavy (non-hydrogen) atoms. The van der Waals surface area contributed by atoms with E-state index < -0.39 is 0 Å². The Hall–Kier alpha value is -0.300. The fraction of sp³-hybridized carbons (Fsp3) is 0.882. The van der Waals surface area contributed by atoms with Gasteiger partial charge in [-0.2, -0.15) is 0 Å². The molecular formula is C17H27N. The summed E-state index contributed by atoms with van der Waals surface area (Å²) in [5, 5.41) is 3.85. The second-order valence-electron chi connectivity index (χ2n) is 7.16. The number of piperidine rings is 1. The first-order valence-corrected chi connectivity index (χ1v) is 8.36. The Kier molecular flexibility index (Phi) is 2.99. The third kappa shape index (κ3) is 1.78. The molecule has 3 fully saturated rings. The van der Waals surface area contributed by atoms with Crippen LogP contribution in [0.5, 0.6) is 0 Å². The Morgan fingerprint density at radius 3 is 2.83 bits per heavy atom. The maximum atomic E-state index is 3.85. The average Bonchev–Trinajstić information content (AvgIpc) is 2.46. The van der Waals surface area contributed by atoms with Crippen LogP contribution >= 0.6 is 0 Å². The lowest BCUT2D eigenvalue weighted by atomic mass is 9.56. The van der Waals surface area contributed by atoms with Crippen molar-refractivity contribution in [3.05, 3.63) is 11.6 Å². The minimum Gasteiger partial charge on any atom is -0.310 e. The lowest BCUT2D eigenvalue weighted by Gasteiger charge is -2.51. The van der Waals surface area contributed by atoms with E-state index in [-0.39, 0.29) is 0 Å². The highest BCUT2D eigenvalue weighted by Gasteiger charge is 2.45. The van der Waals surface area contributed by atoms with Gasteiger partial charge in [-0.25, -0.2) is 0 Å². The summed E-state index contributed by atoms with van der Waals surface area (Å²) in [7, 11) is 0. The van der Waals surface area contributed by atoms with Crippen LogP contribution < -0.4 is 5.32 Å². The molecular weight excluding hydrogens is 218 g/mol. The van der Waals surface area contributed by atoms with Crippen molar-refractivity contribution < 1.29 is 0 Å². The topological polar surface area (TPSA) is 12.0 Å². The molecule has 1 heterocycles. The molecule has 4 rings (SSSR count). The van der Waals surface area contributed by atoms with Gasteiger partial charge in [-0.1, -0.05) is 30.9 Å². The van der Waals surface area contributed by atoms with Gasteiger partial charge in [-0.3, -0.25) is 0 Å². The Bertz CT molecular complexity index is 346. The summed E-state index contributed by atoms with van der Waals surface area (Å²) in [5.74, 6) is 4.20. The van der Waals surface area contributed by atoms with Crippen LogP contribution in [-0.4, -0.2) is 12.6 Å². The van der Waals surface area contributed by atoms with Crippen LogP contribution in [0.2, 0.25) is 0 Å². The lowest BCUT2D eigenvalue weighted by Crippen LogP contribution is -2.51.